The number of hydrogen-bond acceptors (Lipinski definition) is 3. The first-order valence-corrected chi connectivity index (χ1v) is 6.79. The van der Waals surface area contributed by atoms with Crippen LogP contribution in [0.15, 0.2) is 60.7 Å². The minimum absolute atomic E-state index is 0.137. The van der Waals surface area contributed by atoms with Crippen LogP contribution in [0.3, 0.4) is 0 Å². The number of nitro groups is 1. The monoisotopic (exact) mass is 296 g/mol. The highest BCUT2D eigenvalue weighted by atomic mass is 19.1. The average molecular weight is 296 g/mol. The van der Waals surface area contributed by atoms with Gasteiger partial charge in [-0.05, 0) is 28.5 Å². The Morgan fingerprint density at radius 2 is 1.77 bits per heavy atom. The van der Waals surface area contributed by atoms with Gasteiger partial charge in [0, 0.05) is 18.7 Å². The average Bonchev–Trinajstić information content (AvgIpc) is 2.52. The Hall–Kier alpha value is -2.95. The number of fused-ring (bicyclic) bond motifs is 1. The van der Waals surface area contributed by atoms with Crippen molar-refractivity contribution in [3.63, 3.8) is 0 Å². The molecule has 0 saturated heterocycles. The summed E-state index contributed by atoms with van der Waals surface area (Å²) in [6, 6.07) is 17.3. The van der Waals surface area contributed by atoms with Crippen LogP contribution in [0.5, 0.6) is 0 Å². The van der Waals surface area contributed by atoms with Crippen LogP contribution in [0.1, 0.15) is 5.56 Å². The van der Waals surface area contributed by atoms with Gasteiger partial charge in [0.15, 0.2) is 0 Å². The predicted molar refractivity (Wildman–Crippen MR) is 84.3 cm³/mol. The molecule has 0 aliphatic heterocycles. The van der Waals surface area contributed by atoms with Crippen molar-refractivity contribution in [2.24, 2.45) is 0 Å². The van der Waals surface area contributed by atoms with E-state index in [1.807, 2.05) is 42.5 Å². The molecule has 3 aromatic carbocycles. The molecule has 3 rings (SSSR count). The van der Waals surface area contributed by atoms with Crippen LogP contribution < -0.4 is 5.32 Å². The molecule has 5 heteroatoms. The third kappa shape index (κ3) is 2.88. The zero-order valence-electron chi connectivity index (χ0n) is 11.6. The van der Waals surface area contributed by atoms with Crippen molar-refractivity contribution in [2.45, 2.75) is 6.54 Å². The van der Waals surface area contributed by atoms with Gasteiger partial charge in [-0.15, -0.1) is 0 Å². The Morgan fingerprint density at radius 1 is 1.00 bits per heavy atom. The SMILES string of the molecule is O=[N+]([O-])c1ccc(F)cc1NCc1ccc2ccccc2c1. The summed E-state index contributed by atoms with van der Waals surface area (Å²) in [5.41, 5.74) is 1.01. The van der Waals surface area contributed by atoms with E-state index in [9.17, 15) is 14.5 Å². The van der Waals surface area contributed by atoms with Crippen molar-refractivity contribution in [1.82, 2.24) is 0 Å². The second-order valence-electron chi connectivity index (χ2n) is 4.95. The lowest BCUT2D eigenvalue weighted by Gasteiger charge is -2.08. The van der Waals surface area contributed by atoms with Gasteiger partial charge in [0.1, 0.15) is 11.5 Å². The van der Waals surface area contributed by atoms with Gasteiger partial charge >= 0.3 is 0 Å². The first kappa shape index (κ1) is 14.0. The number of benzene rings is 3. The molecule has 22 heavy (non-hydrogen) atoms. The Labute approximate surface area is 126 Å². The van der Waals surface area contributed by atoms with Crippen molar-refractivity contribution in [3.8, 4) is 0 Å². The minimum Gasteiger partial charge on any atom is -0.375 e. The molecule has 0 radical (unpaired) electrons. The zero-order chi connectivity index (χ0) is 15.5. The maximum atomic E-state index is 13.3. The molecular weight excluding hydrogens is 283 g/mol. The molecule has 0 aliphatic rings. The molecule has 0 heterocycles. The minimum atomic E-state index is -0.526. The quantitative estimate of drug-likeness (QED) is 0.569. The predicted octanol–water partition coefficient (Wildman–Crippen LogP) is 4.50. The second kappa shape index (κ2) is 5.81. The summed E-state index contributed by atoms with van der Waals surface area (Å²) in [6.07, 6.45) is 0. The lowest BCUT2D eigenvalue weighted by molar-refractivity contribution is -0.384. The van der Waals surface area contributed by atoms with E-state index >= 15 is 0 Å². The molecule has 0 aliphatic carbocycles. The summed E-state index contributed by atoms with van der Waals surface area (Å²) < 4.78 is 13.3. The summed E-state index contributed by atoms with van der Waals surface area (Å²) in [7, 11) is 0. The molecular formula is C17H13FN2O2. The fraction of sp³-hybridized carbons (Fsp3) is 0.0588. The Morgan fingerprint density at radius 3 is 2.55 bits per heavy atom. The molecule has 0 aromatic heterocycles. The highest BCUT2D eigenvalue weighted by molar-refractivity contribution is 5.83. The summed E-state index contributed by atoms with van der Waals surface area (Å²) in [6.45, 7) is 0.384. The number of nitro benzene ring substituents is 1. The summed E-state index contributed by atoms with van der Waals surface area (Å²) in [4.78, 5) is 10.4. The summed E-state index contributed by atoms with van der Waals surface area (Å²) in [5.74, 6) is -0.508. The molecule has 0 saturated carbocycles. The van der Waals surface area contributed by atoms with E-state index in [4.69, 9.17) is 0 Å². The first-order valence-electron chi connectivity index (χ1n) is 6.79. The molecule has 0 spiro atoms. The number of nitrogens with zero attached hydrogens (tertiary/aromatic N) is 1. The van der Waals surface area contributed by atoms with Crippen LogP contribution in [0.2, 0.25) is 0 Å². The molecule has 4 nitrogen and oxygen atoms in total. The number of hydrogen-bond donors (Lipinski definition) is 1. The van der Waals surface area contributed by atoms with E-state index in [0.717, 1.165) is 34.5 Å². The van der Waals surface area contributed by atoms with E-state index < -0.39 is 10.7 Å². The zero-order valence-corrected chi connectivity index (χ0v) is 11.6. The van der Waals surface area contributed by atoms with Gasteiger partial charge in [0.05, 0.1) is 4.92 Å². The van der Waals surface area contributed by atoms with Crippen molar-refractivity contribution < 1.29 is 9.31 Å². The van der Waals surface area contributed by atoms with E-state index in [0.29, 0.717) is 6.54 Å². The number of halogens is 1. The van der Waals surface area contributed by atoms with Crippen LogP contribution in [-0.2, 0) is 6.54 Å². The molecule has 0 fully saturated rings. The third-order valence-electron chi connectivity index (χ3n) is 3.45. The maximum Gasteiger partial charge on any atom is 0.292 e. The van der Waals surface area contributed by atoms with Crippen molar-refractivity contribution in [2.75, 3.05) is 5.32 Å². The van der Waals surface area contributed by atoms with Gasteiger partial charge in [-0.3, -0.25) is 10.1 Å². The van der Waals surface area contributed by atoms with E-state index in [1.165, 1.54) is 0 Å². The van der Waals surface area contributed by atoms with Crippen molar-refractivity contribution in [3.05, 3.63) is 82.2 Å². The first-order chi connectivity index (χ1) is 10.6. The summed E-state index contributed by atoms with van der Waals surface area (Å²) >= 11 is 0. The fourth-order valence-corrected chi connectivity index (χ4v) is 2.36. The maximum absolute atomic E-state index is 13.3. The Kier molecular flexibility index (Phi) is 3.70. The van der Waals surface area contributed by atoms with Crippen molar-refractivity contribution in [1.29, 1.82) is 0 Å². The Balaban J connectivity index is 1.84. The van der Waals surface area contributed by atoms with Crippen LogP contribution in [0.25, 0.3) is 10.8 Å². The highest BCUT2D eigenvalue weighted by Crippen LogP contribution is 2.26. The molecule has 110 valence electrons. The largest absolute Gasteiger partial charge is 0.375 e. The number of anilines is 1. The smallest absolute Gasteiger partial charge is 0.292 e. The van der Waals surface area contributed by atoms with E-state index in [2.05, 4.69) is 5.32 Å². The van der Waals surface area contributed by atoms with Gasteiger partial charge in [-0.25, -0.2) is 4.39 Å². The lowest BCUT2D eigenvalue weighted by Crippen LogP contribution is -2.03. The van der Waals surface area contributed by atoms with Crippen LogP contribution in [0, 0.1) is 15.9 Å². The normalized spacial score (nSPS) is 10.6. The van der Waals surface area contributed by atoms with Gasteiger partial charge in [-0.2, -0.15) is 0 Å². The molecule has 3 aromatic rings. The fourth-order valence-electron chi connectivity index (χ4n) is 2.36. The molecule has 0 amide bonds. The molecule has 1 N–H and O–H groups in total. The van der Waals surface area contributed by atoms with Crippen molar-refractivity contribution >= 4 is 22.1 Å². The van der Waals surface area contributed by atoms with Gasteiger partial charge < -0.3 is 5.32 Å². The molecule has 0 unspecified atom stereocenters. The topological polar surface area (TPSA) is 55.2 Å². The highest BCUT2D eigenvalue weighted by Gasteiger charge is 2.14. The van der Waals surface area contributed by atoms with Crippen LogP contribution >= 0.6 is 0 Å². The van der Waals surface area contributed by atoms with Gasteiger partial charge in [0.25, 0.3) is 5.69 Å². The molecule has 0 atom stereocenters. The van der Waals surface area contributed by atoms with Gasteiger partial charge in [0.2, 0.25) is 0 Å². The van der Waals surface area contributed by atoms with E-state index in [1.54, 1.807) is 0 Å². The molecule has 0 bridgehead atoms. The van der Waals surface area contributed by atoms with Crippen LogP contribution in [0.4, 0.5) is 15.8 Å². The third-order valence-corrected chi connectivity index (χ3v) is 3.45. The summed E-state index contributed by atoms with van der Waals surface area (Å²) in [5, 5.41) is 16.1. The number of nitrogens with one attached hydrogen (secondary N) is 1. The number of rotatable bonds is 4. The van der Waals surface area contributed by atoms with Crippen LogP contribution in [-0.4, -0.2) is 4.92 Å². The Bertz CT molecular complexity index is 849. The standard InChI is InChI=1S/C17H13FN2O2/c18-15-7-8-17(20(21)22)16(10-15)19-11-12-5-6-13-3-1-2-4-14(13)9-12/h1-10,19H,11H2. The van der Waals surface area contributed by atoms with E-state index in [-0.39, 0.29) is 11.4 Å². The lowest BCUT2D eigenvalue weighted by atomic mass is 10.1. The second-order valence-corrected chi connectivity index (χ2v) is 4.95. The van der Waals surface area contributed by atoms with Gasteiger partial charge in [-0.1, -0.05) is 36.4 Å².